The third-order valence-electron chi connectivity index (χ3n) is 5.11. The Morgan fingerprint density at radius 1 is 1.29 bits per heavy atom. The van der Waals surface area contributed by atoms with Crippen LogP contribution in [0.5, 0.6) is 0 Å². The van der Waals surface area contributed by atoms with Crippen LogP contribution < -0.4 is 22.0 Å². The number of aryl methyl sites for hydroxylation is 1. The van der Waals surface area contributed by atoms with E-state index in [1.165, 1.54) is 6.07 Å². The number of sulfone groups is 1. The molecule has 2 aromatic rings. The number of carbonyl (C=O) groups excluding carboxylic acids is 2. The summed E-state index contributed by atoms with van der Waals surface area (Å²) in [6, 6.07) is 1.21. The van der Waals surface area contributed by atoms with Gasteiger partial charge in [0, 0.05) is 25.0 Å². The van der Waals surface area contributed by atoms with Gasteiger partial charge < -0.3 is 25.7 Å². The van der Waals surface area contributed by atoms with Crippen LogP contribution in [-0.4, -0.2) is 61.4 Å². The van der Waals surface area contributed by atoms with Crippen LogP contribution >= 0.6 is 0 Å². The third-order valence-corrected chi connectivity index (χ3v) is 6.08. The second-order valence-electron chi connectivity index (χ2n) is 7.58. The lowest BCUT2D eigenvalue weighted by molar-refractivity contribution is -0.131. The maximum absolute atomic E-state index is 12.9. The lowest BCUT2D eigenvalue weighted by Gasteiger charge is -2.23. The van der Waals surface area contributed by atoms with E-state index in [1.54, 1.807) is 17.9 Å². The molecule has 3 rings (SSSR count). The number of nitrogens with two attached hydrogens (primary N) is 1. The average Bonchev–Trinajstić information content (AvgIpc) is 3.20. The van der Waals surface area contributed by atoms with E-state index in [-0.39, 0.29) is 29.5 Å². The molecular weight excluding hydrogens is 426 g/mol. The average molecular weight is 452 g/mol. The Kier molecular flexibility index (Phi) is 6.48. The zero-order valence-corrected chi connectivity index (χ0v) is 18.1. The van der Waals surface area contributed by atoms with Crippen LogP contribution in [0.25, 0.3) is 10.9 Å². The molecule has 0 saturated carbocycles. The summed E-state index contributed by atoms with van der Waals surface area (Å²) in [4.78, 5) is 42.5. The van der Waals surface area contributed by atoms with Gasteiger partial charge in [-0.1, -0.05) is 0 Å². The van der Waals surface area contributed by atoms with Gasteiger partial charge in [-0.15, -0.1) is 0 Å². The van der Waals surface area contributed by atoms with E-state index in [0.717, 1.165) is 19.1 Å². The molecule has 0 bridgehead atoms. The van der Waals surface area contributed by atoms with Crippen molar-refractivity contribution in [3.05, 3.63) is 28.1 Å². The van der Waals surface area contributed by atoms with E-state index < -0.39 is 27.5 Å². The molecule has 0 aliphatic carbocycles. The number of nitrogens with zero attached hydrogens (tertiary/aromatic N) is 2. The van der Waals surface area contributed by atoms with Crippen LogP contribution in [0.4, 0.5) is 16.5 Å². The fourth-order valence-electron chi connectivity index (χ4n) is 3.55. The fraction of sp³-hybridized carbons (Fsp3) is 0.474. The molecule has 1 aliphatic rings. The van der Waals surface area contributed by atoms with Crippen LogP contribution in [-0.2, 0) is 14.6 Å². The minimum absolute atomic E-state index is 0.0120. The first-order valence-corrected chi connectivity index (χ1v) is 11.8. The van der Waals surface area contributed by atoms with Crippen molar-refractivity contribution in [2.45, 2.75) is 32.2 Å². The number of primary amides is 1. The van der Waals surface area contributed by atoms with Crippen molar-refractivity contribution in [3.63, 3.8) is 0 Å². The van der Waals surface area contributed by atoms with Crippen LogP contribution in [0.2, 0.25) is 0 Å². The largest absolute Gasteiger partial charge is 0.389 e. The van der Waals surface area contributed by atoms with Crippen molar-refractivity contribution < 1.29 is 22.4 Å². The Balaban J connectivity index is 1.92. The van der Waals surface area contributed by atoms with Gasteiger partial charge in [0.05, 0.1) is 16.7 Å². The highest BCUT2D eigenvalue weighted by atomic mass is 32.2. The minimum Gasteiger partial charge on any atom is -0.389 e. The second kappa shape index (κ2) is 8.92. The molecule has 4 N–H and O–H groups in total. The number of urea groups is 1. The molecule has 0 spiro atoms. The number of benzene rings is 1. The summed E-state index contributed by atoms with van der Waals surface area (Å²) in [6.07, 6.45) is 2.88. The van der Waals surface area contributed by atoms with Crippen molar-refractivity contribution in [3.8, 4) is 0 Å². The summed E-state index contributed by atoms with van der Waals surface area (Å²) in [7, 11) is -3.30. The Morgan fingerprint density at radius 2 is 1.97 bits per heavy atom. The van der Waals surface area contributed by atoms with Gasteiger partial charge >= 0.3 is 11.7 Å². The summed E-state index contributed by atoms with van der Waals surface area (Å²) >= 11 is 0. The SMILES string of the molecule is Cc1c(NC(N)=O)ccc2nc(NC(CCS(C)(=O)=O)C(=O)N3CCCC3)oc(=O)c12. The van der Waals surface area contributed by atoms with Gasteiger partial charge in [0.1, 0.15) is 15.9 Å². The molecule has 1 atom stereocenters. The van der Waals surface area contributed by atoms with Crippen LogP contribution in [0, 0.1) is 6.92 Å². The minimum atomic E-state index is -3.30. The van der Waals surface area contributed by atoms with E-state index in [9.17, 15) is 22.8 Å². The number of hydrogen-bond donors (Lipinski definition) is 3. The van der Waals surface area contributed by atoms with Crippen molar-refractivity contribution in [1.82, 2.24) is 9.88 Å². The van der Waals surface area contributed by atoms with Crippen molar-refractivity contribution in [2.24, 2.45) is 5.73 Å². The van der Waals surface area contributed by atoms with Crippen LogP contribution in [0.15, 0.2) is 21.3 Å². The molecule has 2 heterocycles. The van der Waals surface area contributed by atoms with Gasteiger partial charge in [-0.05, 0) is 43.9 Å². The van der Waals surface area contributed by atoms with Gasteiger partial charge in [0.25, 0.3) is 6.01 Å². The molecule has 1 fully saturated rings. The lowest BCUT2D eigenvalue weighted by Crippen LogP contribution is -2.42. The monoisotopic (exact) mass is 451 g/mol. The standard InChI is InChI=1S/C19H25N5O6S/c1-11-12(21-18(20)27)5-6-13-15(11)17(26)30-19(22-13)23-14(7-10-31(2,28)29)16(25)24-8-3-4-9-24/h5-6,14H,3-4,7-10H2,1-2H3,(H,22,23)(H3,20,21,27). The molecule has 12 heteroatoms. The Hall–Kier alpha value is -3.15. The van der Waals surface area contributed by atoms with Gasteiger partial charge in [0.15, 0.2) is 0 Å². The van der Waals surface area contributed by atoms with E-state index in [1.807, 2.05) is 0 Å². The normalized spacial score (nSPS) is 15.1. The second-order valence-corrected chi connectivity index (χ2v) is 9.84. The lowest BCUT2D eigenvalue weighted by atomic mass is 10.1. The van der Waals surface area contributed by atoms with Crippen molar-refractivity contribution >= 4 is 44.4 Å². The predicted octanol–water partition coefficient (Wildman–Crippen LogP) is 0.825. The maximum atomic E-state index is 12.9. The number of fused-ring (bicyclic) bond motifs is 1. The molecule has 1 aromatic carbocycles. The predicted molar refractivity (Wildman–Crippen MR) is 116 cm³/mol. The topological polar surface area (TPSA) is 165 Å². The number of rotatable bonds is 7. The first-order valence-electron chi connectivity index (χ1n) is 9.79. The van der Waals surface area contributed by atoms with E-state index in [0.29, 0.717) is 29.9 Å². The van der Waals surface area contributed by atoms with Gasteiger partial charge in [-0.2, -0.15) is 4.98 Å². The number of amides is 3. The van der Waals surface area contributed by atoms with E-state index >= 15 is 0 Å². The zero-order valence-electron chi connectivity index (χ0n) is 17.3. The zero-order chi connectivity index (χ0) is 22.8. The quantitative estimate of drug-likeness (QED) is 0.557. The summed E-state index contributed by atoms with van der Waals surface area (Å²) in [5, 5.41) is 5.39. The Labute approximate surface area is 178 Å². The maximum Gasteiger partial charge on any atom is 0.348 e. The smallest absolute Gasteiger partial charge is 0.348 e. The highest BCUT2D eigenvalue weighted by molar-refractivity contribution is 7.90. The van der Waals surface area contributed by atoms with Crippen LogP contribution in [0.1, 0.15) is 24.8 Å². The Morgan fingerprint density at radius 3 is 2.58 bits per heavy atom. The third kappa shape index (κ3) is 5.51. The van der Waals surface area contributed by atoms with Crippen molar-refractivity contribution in [1.29, 1.82) is 0 Å². The highest BCUT2D eigenvalue weighted by Gasteiger charge is 2.28. The molecule has 31 heavy (non-hydrogen) atoms. The summed E-state index contributed by atoms with van der Waals surface area (Å²) in [5.41, 5.74) is 5.50. The van der Waals surface area contributed by atoms with Gasteiger partial charge in [-0.25, -0.2) is 18.0 Å². The molecule has 1 aromatic heterocycles. The summed E-state index contributed by atoms with van der Waals surface area (Å²) in [5.74, 6) is -0.466. The van der Waals surface area contributed by atoms with E-state index in [2.05, 4.69) is 15.6 Å². The Bertz CT molecular complexity index is 1170. The molecule has 1 unspecified atom stereocenters. The molecule has 1 saturated heterocycles. The van der Waals surface area contributed by atoms with Gasteiger partial charge in [0.2, 0.25) is 5.91 Å². The molecule has 168 valence electrons. The molecule has 11 nitrogen and oxygen atoms in total. The molecule has 0 radical (unpaired) electrons. The number of carbonyl (C=O) groups is 2. The first kappa shape index (κ1) is 22.5. The number of anilines is 2. The fourth-order valence-corrected chi connectivity index (χ4v) is 4.21. The number of aromatic nitrogens is 1. The highest BCUT2D eigenvalue weighted by Crippen LogP contribution is 2.23. The molecule has 1 aliphatic heterocycles. The summed E-state index contributed by atoms with van der Waals surface area (Å²) in [6.45, 7) is 2.81. The van der Waals surface area contributed by atoms with Gasteiger partial charge in [-0.3, -0.25) is 4.79 Å². The number of nitrogens with one attached hydrogen (secondary N) is 2. The number of hydrogen-bond acceptors (Lipinski definition) is 8. The van der Waals surface area contributed by atoms with Crippen LogP contribution in [0.3, 0.4) is 0 Å². The molecule has 3 amide bonds. The van der Waals surface area contributed by atoms with E-state index in [4.69, 9.17) is 10.2 Å². The molecular formula is C19H25N5O6S. The van der Waals surface area contributed by atoms with Crippen molar-refractivity contribution in [2.75, 3.05) is 35.7 Å². The summed E-state index contributed by atoms with van der Waals surface area (Å²) < 4.78 is 28.5. The first-order chi connectivity index (χ1) is 14.5. The number of likely N-dealkylation sites (tertiary alicyclic amines) is 1.